The fourth-order valence-corrected chi connectivity index (χ4v) is 2.39. The summed E-state index contributed by atoms with van der Waals surface area (Å²) in [4.78, 5) is 12.0. The molecular weight excluding hydrogens is 224 g/mol. The van der Waals surface area contributed by atoms with Crippen LogP contribution in [0.4, 0.5) is 0 Å². The Bertz CT molecular complexity index is 461. The topological polar surface area (TPSA) is 55.1 Å². The van der Waals surface area contributed by atoms with E-state index in [0.29, 0.717) is 6.04 Å². The molecule has 0 unspecified atom stereocenters. The number of carbonyl (C=O) groups excluding carboxylic acids is 1. The molecule has 96 valence electrons. The number of carbonyl (C=O) groups is 1. The van der Waals surface area contributed by atoms with E-state index in [1.165, 1.54) is 12.0 Å². The Balaban J connectivity index is 1.67. The molecule has 0 atom stereocenters. The summed E-state index contributed by atoms with van der Waals surface area (Å²) in [6.07, 6.45) is 6.57. The molecular formula is C15H20N2O. The molecule has 3 rings (SSSR count). The van der Waals surface area contributed by atoms with Gasteiger partial charge in [0.15, 0.2) is 0 Å². The van der Waals surface area contributed by atoms with Gasteiger partial charge in [-0.05, 0) is 56.2 Å². The summed E-state index contributed by atoms with van der Waals surface area (Å²) in [6.45, 7) is 0. The van der Waals surface area contributed by atoms with Crippen LogP contribution in [0.1, 0.15) is 48.0 Å². The van der Waals surface area contributed by atoms with Crippen molar-refractivity contribution in [2.45, 2.75) is 50.1 Å². The van der Waals surface area contributed by atoms with Crippen LogP contribution in [-0.2, 0) is 6.42 Å². The highest BCUT2D eigenvalue weighted by Gasteiger charge is 2.37. The molecule has 3 N–H and O–H groups in total. The van der Waals surface area contributed by atoms with Gasteiger partial charge >= 0.3 is 0 Å². The lowest BCUT2D eigenvalue weighted by Gasteiger charge is -2.26. The monoisotopic (exact) mass is 244 g/mol. The van der Waals surface area contributed by atoms with E-state index < -0.39 is 0 Å². The normalized spacial score (nSPS) is 21.2. The molecule has 0 aliphatic heterocycles. The summed E-state index contributed by atoms with van der Waals surface area (Å²) < 4.78 is 0. The summed E-state index contributed by atoms with van der Waals surface area (Å²) in [7, 11) is 0. The van der Waals surface area contributed by atoms with E-state index in [-0.39, 0.29) is 11.4 Å². The second-order valence-corrected chi connectivity index (χ2v) is 5.84. The van der Waals surface area contributed by atoms with Gasteiger partial charge in [-0.1, -0.05) is 12.1 Å². The standard InChI is InChI=1S/C15H20N2O/c16-15(7-8-15)10-11-3-1-4-12(9-11)14(18)17-13-5-2-6-13/h1,3-4,9,13H,2,5-8,10,16H2,(H,17,18). The first-order valence-corrected chi connectivity index (χ1v) is 6.83. The quantitative estimate of drug-likeness (QED) is 0.851. The number of rotatable bonds is 4. The molecule has 0 spiro atoms. The van der Waals surface area contributed by atoms with Crippen molar-refractivity contribution in [3.05, 3.63) is 35.4 Å². The minimum absolute atomic E-state index is 0.00305. The van der Waals surface area contributed by atoms with Gasteiger partial charge in [0.2, 0.25) is 0 Å². The number of nitrogens with one attached hydrogen (secondary N) is 1. The predicted molar refractivity (Wildman–Crippen MR) is 71.4 cm³/mol. The Morgan fingerprint density at radius 1 is 1.39 bits per heavy atom. The summed E-state index contributed by atoms with van der Waals surface area (Å²) in [5.74, 6) is 0.0587. The molecule has 2 fully saturated rings. The Morgan fingerprint density at radius 3 is 2.78 bits per heavy atom. The highest BCUT2D eigenvalue weighted by molar-refractivity contribution is 5.94. The van der Waals surface area contributed by atoms with E-state index in [4.69, 9.17) is 5.73 Å². The van der Waals surface area contributed by atoms with Crippen LogP contribution in [0.15, 0.2) is 24.3 Å². The molecule has 0 bridgehead atoms. The van der Waals surface area contributed by atoms with Crippen molar-refractivity contribution >= 4 is 5.91 Å². The van der Waals surface area contributed by atoms with Gasteiger partial charge in [0.1, 0.15) is 0 Å². The number of amides is 1. The minimum atomic E-state index is 0.00305. The molecule has 3 heteroatoms. The van der Waals surface area contributed by atoms with Crippen LogP contribution in [0.5, 0.6) is 0 Å². The maximum atomic E-state index is 12.0. The van der Waals surface area contributed by atoms with E-state index >= 15 is 0 Å². The first kappa shape index (κ1) is 11.7. The van der Waals surface area contributed by atoms with Gasteiger partial charge in [0.05, 0.1) is 0 Å². The fourth-order valence-electron chi connectivity index (χ4n) is 2.39. The number of nitrogens with two attached hydrogens (primary N) is 1. The van der Waals surface area contributed by atoms with Crippen molar-refractivity contribution in [2.24, 2.45) is 5.73 Å². The molecule has 18 heavy (non-hydrogen) atoms. The van der Waals surface area contributed by atoms with E-state index in [2.05, 4.69) is 11.4 Å². The first-order valence-electron chi connectivity index (χ1n) is 6.83. The Labute approximate surface area is 108 Å². The zero-order valence-corrected chi connectivity index (χ0v) is 10.6. The average molecular weight is 244 g/mol. The third-order valence-corrected chi connectivity index (χ3v) is 4.08. The molecule has 0 saturated heterocycles. The molecule has 1 aromatic carbocycles. The first-order chi connectivity index (χ1) is 8.65. The number of benzene rings is 1. The van der Waals surface area contributed by atoms with Gasteiger partial charge in [-0.2, -0.15) is 0 Å². The summed E-state index contributed by atoms with van der Waals surface area (Å²) in [5.41, 5.74) is 8.06. The van der Waals surface area contributed by atoms with Crippen LogP contribution >= 0.6 is 0 Å². The van der Waals surface area contributed by atoms with E-state index in [0.717, 1.165) is 37.7 Å². The highest BCUT2D eigenvalue weighted by atomic mass is 16.1. The molecule has 1 aromatic rings. The summed E-state index contributed by atoms with van der Waals surface area (Å²) in [6, 6.07) is 8.28. The van der Waals surface area contributed by atoms with E-state index in [1.54, 1.807) is 0 Å². The zero-order chi connectivity index (χ0) is 12.6. The second-order valence-electron chi connectivity index (χ2n) is 5.84. The molecule has 0 aromatic heterocycles. The van der Waals surface area contributed by atoms with Crippen molar-refractivity contribution in [2.75, 3.05) is 0 Å². The van der Waals surface area contributed by atoms with Crippen molar-refractivity contribution in [3.63, 3.8) is 0 Å². The van der Waals surface area contributed by atoms with Gasteiger partial charge < -0.3 is 11.1 Å². The zero-order valence-electron chi connectivity index (χ0n) is 10.6. The number of hydrogen-bond donors (Lipinski definition) is 2. The van der Waals surface area contributed by atoms with Gasteiger partial charge in [-0.25, -0.2) is 0 Å². The summed E-state index contributed by atoms with van der Waals surface area (Å²) >= 11 is 0. The van der Waals surface area contributed by atoms with E-state index in [1.807, 2.05) is 18.2 Å². The SMILES string of the molecule is NC1(Cc2cccc(C(=O)NC3CCC3)c2)CC1. The second kappa shape index (κ2) is 4.39. The van der Waals surface area contributed by atoms with Crippen LogP contribution in [0.3, 0.4) is 0 Å². The van der Waals surface area contributed by atoms with Crippen LogP contribution in [0.2, 0.25) is 0 Å². The lowest BCUT2D eigenvalue weighted by molar-refractivity contribution is 0.0917. The molecule has 0 radical (unpaired) electrons. The molecule has 0 heterocycles. The highest BCUT2D eigenvalue weighted by Crippen LogP contribution is 2.35. The van der Waals surface area contributed by atoms with Gasteiger partial charge in [-0.3, -0.25) is 4.79 Å². The van der Waals surface area contributed by atoms with Crippen molar-refractivity contribution in [3.8, 4) is 0 Å². The maximum absolute atomic E-state index is 12.0. The van der Waals surface area contributed by atoms with Crippen LogP contribution in [0.25, 0.3) is 0 Å². The van der Waals surface area contributed by atoms with Crippen molar-refractivity contribution in [1.29, 1.82) is 0 Å². The van der Waals surface area contributed by atoms with E-state index in [9.17, 15) is 4.79 Å². The van der Waals surface area contributed by atoms with Gasteiger partial charge in [0.25, 0.3) is 5.91 Å². The third kappa shape index (κ3) is 2.56. The third-order valence-electron chi connectivity index (χ3n) is 4.08. The Hall–Kier alpha value is -1.35. The Morgan fingerprint density at radius 2 is 2.17 bits per heavy atom. The maximum Gasteiger partial charge on any atom is 0.251 e. The molecule has 2 saturated carbocycles. The average Bonchev–Trinajstić information content (AvgIpc) is 3.01. The predicted octanol–water partition coefficient (Wildman–Crippen LogP) is 2.00. The smallest absolute Gasteiger partial charge is 0.251 e. The van der Waals surface area contributed by atoms with Gasteiger partial charge in [0, 0.05) is 17.1 Å². The molecule has 2 aliphatic rings. The van der Waals surface area contributed by atoms with Crippen LogP contribution in [0, 0.1) is 0 Å². The lowest BCUT2D eigenvalue weighted by Crippen LogP contribution is -2.39. The lowest BCUT2D eigenvalue weighted by atomic mass is 9.93. The van der Waals surface area contributed by atoms with Gasteiger partial charge in [-0.15, -0.1) is 0 Å². The molecule has 2 aliphatic carbocycles. The fraction of sp³-hybridized carbons (Fsp3) is 0.533. The Kier molecular flexibility index (Phi) is 2.86. The molecule has 3 nitrogen and oxygen atoms in total. The van der Waals surface area contributed by atoms with Crippen molar-refractivity contribution < 1.29 is 4.79 Å². The van der Waals surface area contributed by atoms with Crippen LogP contribution in [-0.4, -0.2) is 17.5 Å². The van der Waals surface area contributed by atoms with Crippen LogP contribution < -0.4 is 11.1 Å². The number of hydrogen-bond acceptors (Lipinski definition) is 2. The molecule has 1 amide bonds. The van der Waals surface area contributed by atoms with Crippen molar-refractivity contribution in [1.82, 2.24) is 5.32 Å². The largest absolute Gasteiger partial charge is 0.349 e. The summed E-state index contributed by atoms with van der Waals surface area (Å²) in [5, 5.41) is 3.07. The minimum Gasteiger partial charge on any atom is -0.349 e.